The average Bonchev–Trinajstić information content (AvgIpc) is 2.71. The molecule has 12 heavy (non-hydrogen) atoms. The minimum absolute atomic E-state index is 0.490. The summed E-state index contributed by atoms with van der Waals surface area (Å²) in [5.41, 5.74) is 2.26. The Morgan fingerprint density at radius 1 is 1.75 bits per heavy atom. The zero-order valence-corrected chi connectivity index (χ0v) is 7.71. The largest absolute Gasteiger partial charge is 0.411 e. The number of nitrogens with zero attached hydrogens (tertiary/aromatic N) is 1. The molecule has 1 saturated carbocycles. The van der Waals surface area contributed by atoms with Crippen LogP contribution in [0.3, 0.4) is 0 Å². The first-order valence-electron chi connectivity index (χ1n) is 4.03. The molecule has 2 nitrogen and oxygen atoms in total. The summed E-state index contributed by atoms with van der Waals surface area (Å²) in [6, 6.07) is 2.15. The lowest BCUT2D eigenvalue weighted by molar-refractivity contribution is 0.316. The Morgan fingerprint density at radius 2 is 2.58 bits per heavy atom. The van der Waals surface area contributed by atoms with E-state index in [4.69, 9.17) is 5.21 Å². The maximum Gasteiger partial charge on any atom is 0.0577 e. The smallest absolute Gasteiger partial charge is 0.0577 e. The molecule has 2 unspecified atom stereocenters. The van der Waals surface area contributed by atoms with Crippen molar-refractivity contribution in [3.63, 3.8) is 0 Å². The summed E-state index contributed by atoms with van der Waals surface area (Å²) in [5, 5.41) is 16.1. The fraction of sp³-hybridized carbons (Fsp3) is 0.444. The monoisotopic (exact) mass is 181 g/mol. The first-order valence-corrected chi connectivity index (χ1v) is 4.98. The molecule has 3 heteroatoms. The molecule has 64 valence electrons. The van der Waals surface area contributed by atoms with Crippen LogP contribution in [0.5, 0.6) is 0 Å². The summed E-state index contributed by atoms with van der Waals surface area (Å²) >= 11 is 1.73. The van der Waals surface area contributed by atoms with Crippen molar-refractivity contribution >= 4 is 17.0 Å². The van der Waals surface area contributed by atoms with Gasteiger partial charge in [0.15, 0.2) is 0 Å². The van der Waals surface area contributed by atoms with Crippen LogP contribution in [0.15, 0.2) is 22.0 Å². The van der Waals surface area contributed by atoms with Gasteiger partial charge in [0.1, 0.15) is 0 Å². The van der Waals surface area contributed by atoms with Gasteiger partial charge in [-0.2, -0.15) is 11.3 Å². The van der Waals surface area contributed by atoms with Crippen molar-refractivity contribution in [2.45, 2.75) is 19.3 Å². The second-order valence-corrected chi connectivity index (χ2v) is 4.03. The van der Waals surface area contributed by atoms with Gasteiger partial charge < -0.3 is 5.21 Å². The molecule has 2 atom stereocenters. The molecule has 0 saturated heterocycles. The van der Waals surface area contributed by atoms with Gasteiger partial charge in [0.05, 0.1) is 5.71 Å². The number of thiophene rings is 1. The van der Waals surface area contributed by atoms with E-state index in [-0.39, 0.29) is 0 Å². The predicted molar refractivity (Wildman–Crippen MR) is 50.1 cm³/mol. The van der Waals surface area contributed by atoms with Crippen molar-refractivity contribution in [1.29, 1.82) is 0 Å². The summed E-state index contributed by atoms with van der Waals surface area (Å²) in [4.78, 5) is 0. The van der Waals surface area contributed by atoms with Crippen LogP contribution in [0.25, 0.3) is 0 Å². The molecular weight excluding hydrogens is 170 g/mol. The van der Waals surface area contributed by atoms with Gasteiger partial charge in [-0.1, -0.05) is 5.16 Å². The highest BCUT2D eigenvalue weighted by Gasteiger charge is 2.40. The minimum atomic E-state index is 0.490. The van der Waals surface area contributed by atoms with E-state index in [1.807, 2.05) is 6.92 Å². The average molecular weight is 181 g/mol. The third kappa shape index (κ3) is 1.25. The second kappa shape index (κ2) is 2.90. The van der Waals surface area contributed by atoms with Crippen molar-refractivity contribution in [2.75, 3.05) is 0 Å². The van der Waals surface area contributed by atoms with Crippen molar-refractivity contribution in [1.82, 2.24) is 0 Å². The molecule has 1 aliphatic carbocycles. The van der Waals surface area contributed by atoms with Gasteiger partial charge in [-0.05, 0) is 41.7 Å². The lowest BCUT2D eigenvalue weighted by Gasteiger charge is -1.93. The summed E-state index contributed by atoms with van der Waals surface area (Å²) in [6.45, 7) is 1.89. The SMILES string of the molecule is C/C(=N/O)C1CC1c1ccsc1. The van der Waals surface area contributed by atoms with E-state index >= 15 is 0 Å². The van der Waals surface area contributed by atoms with Crippen molar-refractivity contribution < 1.29 is 5.21 Å². The van der Waals surface area contributed by atoms with E-state index in [1.54, 1.807) is 11.3 Å². The highest BCUT2D eigenvalue weighted by molar-refractivity contribution is 7.08. The van der Waals surface area contributed by atoms with Crippen LogP contribution < -0.4 is 0 Å². The Bertz CT molecular complexity index is 291. The van der Waals surface area contributed by atoms with Gasteiger partial charge in [-0.25, -0.2) is 0 Å². The molecule has 0 amide bonds. The van der Waals surface area contributed by atoms with Gasteiger partial charge in [-0.15, -0.1) is 0 Å². The summed E-state index contributed by atoms with van der Waals surface area (Å²) in [5.74, 6) is 1.11. The fourth-order valence-electron chi connectivity index (χ4n) is 1.59. The Morgan fingerprint density at radius 3 is 3.17 bits per heavy atom. The molecule has 0 aliphatic heterocycles. The molecule has 1 aliphatic rings. The van der Waals surface area contributed by atoms with E-state index in [1.165, 1.54) is 5.56 Å². The van der Waals surface area contributed by atoms with Gasteiger partial charge in [0.2, 0.25) is 0 Å². The third-order valence-corrected chi connectivity index (χ3v) is 3.16. The summed E-state index contributed by atoms with van der Waals surface area (Å²) in [6.07, 6.45) is 1.15. The standard InChI is InChI=1S/C9H11NOS/c1-6(10-11)8-4-9(8)7-2-3-12-5-7/h2-3,5,8-9,11H,4H2,1H3/b10-6-. The number of oxime groups is 1. The van der Waals surface area contributed by atoms with Crippen LogP contribution in [0.4, 0.5) is 0 Å². The van der Waals surface area contributed by atoms with Crippen LogP contribution >= 0.6 is 11.3 Å². The molecule has 0 radical (unpaired) electrons. The zero-order valence-electron chi connectivity index (χ0n) is 6.90. The topological polar surface area (TPSA) is 32.6 Å². The van der Waals surface area contributed by atoms with E-state index < -0.39 is 0 Å². The third-order valence-electron chi connectivity index (χ3n) is 2.46. The van der Waals surface area contributed by atoms with E-state index in [2.05, 4.69) is 22.0 Å². The normalized spacial score (nSPS) is 28.9. The molecule has 2 rings (SSSR count). The first kappa shape index (κ1) is 7.80. The van der Waals surface area contributed by atoms with Crippen LogP contribution in [-0.2, 0) is 0 Å². The Labute approximate surface area is 75.5 Å². The molecular formula is C9H11NOS. The predicted octanol–water partition coefficient (Wildman–Crippen LogP) is 2.70. The maximum atomic E-state index is 8.55. The van der Waals surface area contributed by atoms with Gasteiger partial charge in [0.25, 0.3) is 0 Å². The van der Waals surface area contributed by atoms with E-state index in [0.717, 1.165) is 12.1 Å². The highest BCUT2D eigenvalue weighted by atomic mass is 32.1. The second-order valence-electron chi connectivity index (χ2n) is 3.25. The number of hydrogen-bond acceptors (Lipinski definition) is 3. The lowest BCUT2D eigenvalue weighted by atomic mass is 10.1. The van der Waals surface area contributed by atoms with Gasteiger partial charge in [-0.3, -0.25) is 0 Å². The Balaban J connectivity index is 2.06. The maximum absolute atomic E-state index is 8.55. The first-order chi connectivity index (χ1) is 5.83. The Hall–Kier alpha value is -0.830. The van der Waals surface area contributed by atoms with Crippen LogP contribution in [0.2, 0.25) is 0 Å². The number of rotatable bonds is 2. The lowest BCUT2D eigenvalue weighted by Crippen LogP contribution is -1.95. The summed E-state index contributed by atoms with van der Waals surface area (Å²) < 4.78 is 0. The molecule has 0 spiro atoms. The molecule has 1 N–H and O–H groups in total. The highest BCUT2D eigenvalue weighted by Crippen LogP contribution is 2.48. The van der Waals surface area contributed by atoms with E-state index in [0.29, 0.717) is 11.8 Å². The zero-order chi connectivity index (χ0) is 8.55. The molecule has 1 aromatic heterocycles. The van der Waals surface area contributed by atoms with Gasteiger partial charge in [0, 0.05) is 5.92 Å². The molecule has 1 aromatic rings. The van der Waals surface area contributed by atoms with Crippen LogP contribution in [-0.4, -0.2) is 10.9 Å². The van der Waals surface area contributed by atoms with Crippen molar-refractivity contribution in [3.05, 3.63) is 22.4 Å². The van der Waals surface area contributed by atoms with Crippen LogP contribution in [0.1, 0.15) is 24.8 Å². The molecule has 0 bridgehead atoms. The van der Waals surface area contributed by atoms with Crippen LogP contribution in [0, 0.1) is 5.92 Å². The molecule has 1 fully saturated rings. The van der Waals surface area contributed by atoms with Gasteiger partial charge >= 0.3 is 0 Å². The molecule has 1 heterocycles. The fourth-order valence-corrected chi connectivity index (χ4v) is 2.31. The summed E-state index contributed by atoms with van der Waals surface area (Å²) in [7, 11) is 0. The quantitative estimate of drug-likeness (QED) is 0.424. The van der Waals surface area contributed by atoms with Crippen molar-refractivity contribution in [3.8, 4) is 0 Å². The van der Waals surface area contributed by atoms with E-state index in [9.17, 15) is 0 Å². The molecule has 0 aromatic carbocycles. The minimum Gasteiger partial charge on any atom is -0.411 e. The van der Waals surface area contributed by atoms with Crippen molar-refractivity contribution in [2.24, 2.45) is 11.1 Å². The Kier molecular flexibility index (Phi) is 1.89. The number of hydrogen-bond donors (Lipinski definition) is 1.